The Kier molecular flexibility index (Phi) is 55.8. The lowest BCUT2D eigenvalue weighted by Gasteiger charge is -2.17. The molecule has 2 N–H and O–H groups in total. The van der Waals surface area contributed by atoms with Gasteiger partial charge >= 0.3 is 0 Å². The molecule has 0 bridgehead atoms. The Bertz CT molecular complexity index is 568. The topological polar surface area (TPSA) is 43.1 Å². The SMILES string of the molecule is CC(C)C.CCCCCCCCCCC(=O)CCCCCCCN.CCCCCCCCCCC(CCCCCCCC)CCCCCCCC. The van der Waals surface area contributed by atoms with Crippen molar-refractivity contribution in [1.82, 2.24) is 0 Å². The Balaban J connectivity index is -0.000000845. The van der Waals surface area contributed by atoms with Crippen molar-refractivity contribution in [3.8, 4) is 0 Å². The summed E-state index contributed by atoms with van der Waals surface area (Å²) in [5.41, 5.74) is 5.45. The Morgan fingerprint density at radius 3 is 0.824 bits per heavy atom. The summed E-state index contributed by atoms with van der Waals surface area (Å²) in [6.45, 7) is 16.5. The summed E-state index contributed by atoms with van der Waals surface area (Å²) < 4.78 is 0. The van der Waals surface area contributed by atoms with E-state index in [1.54, 1.807) is 0 Å². The first-order valence-corrected chi connectivity index (χ1v) is 24.1. The van der Waals surface area contributed by atoms with Gasteiger partial charge in [-0.05, 0) is 37.6 Å². The molecular formula is C49H103NO. The molecule has 0 fully saturated rings. The van der Waals surface area contributed by atoms with Crippen molar-refractivity contribution in [3.05, 3.63) is 0 Å². The molecule has 0 saturated heterocycles. The predicted octanol–water partition coefficient (Wildman–Crippen LogP) is 17.7. The third-order valence-electron chi connectivity index (χ3n) is 10.4. The second-order valence-electron chi connectivity index (χ2n) is 17.0. The maximum atomic E-state index is 11.7. The summed E-state index contributed by atoms with van der Waals surface area (Å²) in [5.74, 6) is 2.36. The molecule has 0 aliphatic heterocycles. The van der Waals surface area contributed by atoms with E-state index in [-0.39, 0.29) is 0 Å². The highest BCUT2D eigenvalue weighted by Crippen LogP contribution is 2.25. The van der Waals surface area contributed by atoms with Gasteiger partial charge in [-0.1, -0.05) is 260 Å². The van der Waals surface area contributed by atoms with E-state index in [9.17, 15) is 4.79 Å². The number of carbonyl (C=O) groups is 1. The normalized spacial score (nSPS) is 11.1. The molecule has 2 nitrogen and oxygen atoms in total. The van der Waals surface area contributed by atoms with Crippen molar-refractivity contribution in [2.45, 2.75) is 292 Å². The van der Waals surface area contributed by atoms with E-state index in [0.717, 1.165) is 50.5 Å². The number of Topliss-reactive ketones (excluding diaryl/α,β-unsaturated/α-hetero) is 1. The zero-order valence-corrected chi connectivity index (χ0v) is 37.2. The molecule has 51 heavy (non-hydrogen) atoms. The van der Waals surface area contributed by atoms with Crippen LogP contribution < -0.4 is 5.73 Å². The van der Waals surface area contributed by atoms with Crippen LogP contribution in [0.5, 0.6) is 0 Å². The predicted molar refractivity (Wildman–Crippen MR) is 236 cm³/mol. The Morgan fingerprint density at radius 2 is 0.569 bits per heavy atom. The van der Waals surface area contributed by atoms with E-state index in [2.05, 4.69) is 48.5 Å². The molecule has 0 aromatic carbocycles. The molecule has 0 saturated carbocycles. The van der Waals surface area contributed by atoms with Crippen LogP contribution in [0, 0.1) is 11.8 Å². The quantitative estimate of drug-likeness (QED) is 0.0642. The fraction of sp³-hybridized carbons (Fsp3) is 0.980. The zero-order chi connectivity index (χ0) is 38.3. The van der Waals surface area contributed by atoms with Crippen LogP contribution in [0.3, 0.4) is 0 Å². The molecule has 0 radical (unpaired) electrons. The van der Waals surface area contributed by atoms with Crippen molar-refractivity contribution in [2.75, 3.05) is 6.54 Å². The minimum atomic E-state index is 0.481. The highest BCUT2D eigenvalue weighted by molar-refractivity contribution is 5.78. The van der Waals surface area contributed by atoms with Gasteiger partial charge in [-0.15, -0.1) is 0 Å². The standard InChI is InChI=1S/C27H56.C18H37NO.C4H10/c1-4-7-10-13-16-17-20-23-26-27(24-21-18-14-11-8-5-2)25-22-19-15-12-9-6-3;1-2-3-4-5-6-7-9-12-15-18(20)16-13-10-8-11-14-17-19;1-4(2)3/h27H,4-26H2,1-3H3;2-17,19H2,1H3;4H,1-3H3. The van der Waals surface area contributed by atoms with Crippen molar-refractivity contribution in [2.24, 2.45) is 17.6 Å². The second kappa shape index (κ2) is 51.7. The average molecular weight is 722 g/mol. The minimum absolute atomic E-state index is 0.481. The van der Waals surface area contributed by atoms with E-state index in [4.69, 9.17) is 5.73 Å². The van der Waals surface area contributed by atoms with Crippen LogP contribution in [0.2, 0.25) is 0 Å². The van der Waals surface area contributed by atoms with Gasteiger partial charge in [0.1, 0.15) is 5.78 Å². The molecule has 0 aromatic heterocycles. The summed E-state index contributed by atoms with van der Waals surface area (Å²) in [6.07, 6.45) is 51.8. The molecule has 2 heteroatoms. The first-order valence-electron chi connectivity index (χ1n) is 24.1. The maximum absolute atomic E-state index is 11.7. The first kappa shape index (κ1) is 55.0. The van der Waals surface area contributed by atoms with Crippen LogP contribution in [0.4, 0.5) is 0 Å². The van der Waals surface area contributed by atoms with Crippen LogP contribution in [-0.4, -0.2) is 12.3 Å². The van der Waals surface area contributed by atoms with Crippen molar-refractivity contribution in [1.29, 1.82) is 0 Å². The number of hydrogen-bond acceptors (Lipinski definition) is 2. The summed E-state index contributed by atoms with van der Waals surface area (Å²) in [5, 5.41) is 0. The van der Waals surface area contributed by atoms with E-state index in [1.807, 2.05) is 0 Å². The minimum Gasteiger partial charge on any atom is -0.330 e. The van der Waals surface area contributed by atoms with E-state index in [0.29, 0.717) is 5.78 Å². The Labute approximate surface area is 326 Å². The van der Waals surface area contributed by atoms with Gasteiger partial charge in [0.25, 0.3) is 0 Å². The smallest absolute Gasteiger partial charge is 0.132 e. The summed E-state index contributed by atoms with van der Waals surface area (Å²) in [6, 6.07) is 0. The third-order valence-corrected chi connectivity index (χ3v) is 10.4. The number of carbonyl (C=O) groups excluding carboxylic acids is 1. The van der Waals surface area contributed by atoms with E-state index in [1.165, 1.54) is 212 Å². The van der Waals surface area contributed by atoms with Gasteiger partial charge in [0, 0.05) is 12.8 Å². The van der Waals surface area contributed by atoms with Crippen LogP contribution in [-0.2, 0) is 4.79 Å². The Hall–Kier alpha value is -0.370. The molecule has 0 amide bonds. The summed E-state index contributed by atoms with van der Waals surface area (Å²) in [4.78, 5) is 11.7. The Morgan fingerprint density at radius 1 is 0.353 bits per heavy atom. The molecule has 0 aromatic rings. The van der Waals surface area contributed by atoms with E-state index < -0.39 is 0 Å². The second-order valence-corrected chi connectivity index (χ2v) is 17.0. The molecular weight excluding hydrogens is 619 g/mol. The van der Waals surface area contributed by atoms with Gasteiger partial charge < -0.3 is 5.73 Å². The fourth-order valence-electron chi connectivity index (χ4n) is 7.00. The van der Waals surface area contributed by atoms with Gasteiger partial charge in [0.15, 0.2) is 0 Å². The average Bonchev–Trinajstić information content (AvgIpc) is 3.11. The van der Waals surface area contributed by atoms with Crippen LogP contribution in [0.25, 0.3) is 0 Å². The molecule has 0 aliphatic carbocycles. The first-order chi connectivity index (χ1) is 24.9. The molecule has 0 aliphatic rings. The molecule has 310 valence electrons. The fourth-order valence-corrected chi connectivity index (χ4v) is 7.00. The lowest BCUT2D eigenvalue weighted by atomic mass is 9.89. The molecule has 0 heterocycles. The van der Waals surface area contributed by atoms with Crippen molar-refractivity contribution in [3.63, 3.8) is 0 Å². The van der Waals surface area contributed by atoms with Crippen molar-refractivity contribution >= 4 is 5.78 Å². The van der Waals surface area contributed by atoms with Gasteiger partial charge in [-0.2, -0.15) is 0 Å². The summed E-state index contributed by atoms with van der Waals surface area (Å²) in [7, 11) is 0. The van der Waals surface area contributed by atoms with Gasteiger partial charge in [-0.3, -0.25) is 4.79 Å². The monoisotopic (exact) mass is 722 g/mol. The van der Waals surface area contributed by atoms with Gasteiger partial charge in [0.05, 0.1) is 0 Å². The number of ketones is 1. The highest BCUT2D eigenvalue weighted by Gasteiger charge is 2.09. The molecule has 0 unspecified atom stereocenters. The lowest BCUT2D eigenvalue weighted by Crippen LogP contribution is -2.01. The van der Waals surface area contributed by atoms with E-state index >= 15 is 0 Å². The molecule has 0 atom stereocenters. The number of unbranched alkanes of at least 4 members (excludes halogenated alkanes) is 28. The zero-order valence-electron chi connectivity index (χ0n) is 37.2. The number of hydrogen-bond donors (Lipinski definition) is 1. The molecule has 0 rings (SSSR count). The van der Waals surface area contributed by atoms with Crippen LogP contribution >= 0.6 is 0 Å². The maximum Gasteiger partial charge on any atom is 0.132 e. The largest absolute Gasteiger partial charge is 0.330 e. The van der Waals surface area contributed by atoms with Crippen molar-refractivity contribution < 1.29 is 4.79 Å². The lowest BCUT2D eigenvalue weighted by molar-refractivity contribution is -0.119. The third kappa shape index (κ3) is 59.1. The number of nitrogens with two attached hydrogens (primary N) is 1. The highest BCUT2D eigenvalue weighted by atomic mass is 16.1. The number of rotatable bonds is 39. The van der Waals surface area contributed by atoms with Gasteiger partial charge in [-0.25, -0.2) is 0 Å². The van der Waals surface area contributed by atoms with Crippen LogP contribution in [0.15, 0.2) is 0 Å². The summed E-state index contributed by atoms with van der Waals surface area (Å²) >= 11 is 0. The van der Waals surface area contributed by atoms with Crippen LogP contribution in [0.1, 0.15) is 292 Å². The molecule has 0 spiro atoms. The van der Waals surface area contributed by atoms with Gasteiger partial charge in [0.2, 0.25) is 0 Å².